The highest BCUT2D eigenvalue weighted by Crippen LogP contribution is 2.32. The fraction of sp³-hybridized carbons (Fsp3) is 0.385. The second kappa shape index (κ2) is 4.43. The van der Waals surface area contributed by atoms with Crippen molar-refractivity contribution in [2.75, 3.05) is 6.61 Å². The molecule has 0 amide bonds. The van der Waals surface area contributed by atoms with Gasteiger partial charge in [0.2, 0.25) is 0 Å². The third-order valence-corrected chi connectivity index (χ3v) is 3.01. The maximum atomic E-state index is 9.06. The van der Waals surface area contributed by atoms with E-state index in [-0.39, 0.29) is 6.61 Å². The normalized spacial score (nSPS) is 20.7. The van der Waals surface area contributed by atoms with Gasteiger partial charge in [-0.3, -0.25) is 0 Å². The molecule has 1 heteroatoms. The van der Waals surface area contributed by atoms with Gasteiger partial charge >= 0.3 is 0 Å². The quantitative estimate of drug-likeness (QED) is 0.718. The molecule has 2 aliphatic carbocycles. The first-order valence-electron chi connectivity index (χ1n) is 5.22. The Morgan fingerprint density at radius 2 is 1.29 bits per heavy atom. The Morgan fingerprint density at radius 1 is 0.857 bits per heavy atom. The van der Waals surface area contributed by atoms with Crippen molar-refractivity contribution in [1.29, 1.82) is 0 Å². The summed E-state index contributed by atoms with van der Waals surface area (Å²) in [7, 11) is 0. The van der Waals surface area contributed by atoms with Crippen molar-refractivity contribution >= 4 is 0 Å². The highest BCUT2D eigenvalue weighted by atomic mass is 16.3. The molecule has 2 aliphatic rings. The zero-order chi connectivity index (χ0) is 9.80. The molecule has 0 saturated heterocycles. The Balaban J connectivity index is 2.06. The lowest BCUT2D eigenvalue weighted by Crippen LogP contribution is -2.18. The van der Waals surface area contributed by atoms with E-state index in [1.165, 1.54) is 0 Å². The zero-order valence-corrected chi connectivity index (χ0v) is 8.21. The van der Waals surface area contributed by atoms with E-state index in [4.69, 9.17) is 5.11 Å². The molecular weight excluding hydrogens is 172 g/mol. The fourth-order valence-corrected chi connectivity index (χ4v) is 2.26. The van der Waals surface area contributed by atoms with Gasteiger partial charge in [0.15, 0.2) is 0 Å². The van der Waals surface area contributed by atoms with Crippen LogP contribution in [0.4, 0.5) is 0 Å². The van der Waals surface area contributed by atoms with Crippen LogP contribution in [0.15, 0.2) is 48.6 Å². The average Bonchev–Trinajstić information content (AvgIpc) is 2.87. The molecule has 0 aromatic carbocycles. The number of rotatable bonds is 4. The molecular formula is C13H16O. The molecule has 0 atom stereocenters. The molecule has 1 nitrogen and oxygen atoms in total. The van der Waals surface area contributed by atoms with Gasteiger partial charge in [0.05, 0.1) is 0 Å². The van der Waals surface area contributed by atoms with Gasteiger partial charge in [0, 0.05) is 6.61 Å². The molecule has 14 heavy (non-hydrogen) atoms. The standard InChI is InChI=1S/C13H16O/c14-10-9-13(11-5-1-2-6-11)12-7-3-4-8-12/h1-8,11-14H,9-10H2. The van der Waals surface area contributed by atoms with Crippen LogP contribution in [0.25, 0.3) is 0 Å². The molecule has 0 radical (unpaired) electrons. The first kappa shape index (κ1) is 9.47. The van der Waals surface area contributed by atoms with Crippen LogP contribution in [-0.4, -0.2) is 11.7 Å². The lowest BCUT2D eigenvalue weighted by Gasteiger charge is -2.24. The Hall–Kier alpha value is -1.08. The molecule has 0 aromatic heterocycles. The minimum Gasteiger partial charge on any atom is -0.396 e. The summed E-state index contributed by atoms with van der Waals surface area (Å²) in [5, 5.41) is 9.06. The summed E-state index contributed by atoms with van der Waals surface area (Å²) in [6.45, 7) is 0.279. The van der Waals surface area contributed by atoms with Crippen molar-refractivity contribution in [3.63, 3.8) is 0 Å². The van der Waals surface area contributed by atoms with Crippen molar-refractivity contribution in [2.45, 2.75) is 6.42 Å². The van der Waals surface area contributed by atoms with E-state index in [0.717, 1.165) is 6.42 Å². The van der Waals surface area contributed by atoms with Crippen LogP contribution in [0.3, 0.4) is 0 Å². The summed E-state index contributed by atoms with van der Waals surface area (Å²) in [6, 6.07) is 0. The molecule has 1 N–H and O–H groups in total. The van der Waals surface area contributed by atoms with Gasteiger partial charge in [-0.25, -0.2) is 0 Å². The summed E-state index contributed by atoms with van der Waals surface area (Å²) < 4.78 is 0. The third-order valence-electron chi connectivity index (χ3n) is 3.01. The van der Waals surface area contributed by atoms with Crippen molar-refractivity contribution in [3.8, 4) is 0 Å². The number of aliphatic hydroxyl groups is 1. The molecule has 0 bridgehead atoms. The first-order valence-corrected chi connectivity index (χ1v) is 5.22. The first-order chi connectivity index (χ1) is 6.92. The minimum atomic E-state index is 0.279. The topological polar surface area (TPSA) is 20.2 Å². The van der Waals surface area contributed by atoms with E-state index in [1.54, 1.807) is 0 Å². The van der Waals surface area contributed by atoms with Crippen LogP contribution in [-0.2, 0) is 0 Å². The molecule has 0 saturated carbocycles. The summed E-state index contributed by atoms with van der Waals surface area (Å²) in [5.74, 6) is 1.52. The average molecular weight is 188 g/mol. The molecule has 0 spiro atoms. The van der Waals surface area contributed by atoms with Crippen molar-refractivity contribution in [3.05, 3.63) is 48.6 Å². The molecule has 0 aromatic rings. The van der Waals surface area contributed by atoms with Crippen LogP contribution < -0.4 is 0 Å². The van der Waals surface area contributed by atoms with E-state index >= 15 is 0 Å². The highest BCUT2D eigenvalue weighted by molar-refractivity contribution is 5.24. The van der Waals surface area contributed by atoms with Crippen LogP contribution in [0.5, 0.6) is 0 Å². The van der Waals surface area contributed by atoms with E-state index in [2.05, 4.69) is 48.6 Å². The van der Waals surface area contributed by atoms with Crippen molar-refractivity contribution < 1.29 is 5.11 Å². The van der Waals surface area contributed by atoms with Crippen LogP contribution >= 0.6 is 0 Å². The summed E-state index contributed by atoms with van der Waals surface area (Å²) in [4.78, 5) is 0. The largest absolute Gasteiger partial charge is 0.396 e. The SMILES string of the molecule is OCCC(C1C=CC=C1)C1C=CC=C1. The Morgan fingerprint density at radius 3 is 1.64 bits per heavy atom. The smallest absolute Gasteiger partial charge is 0.0434 e. The number of aliphatic hydroxyl groups excluding tert-OH is 1. The lowest BCUT2D eigenvalue weighted by atomic mass is 9.81. The monoisotopic (exact) mass is 188 g/mol. The van der Waals surface area contributed by atoms with Crippen molar-refractivity contribution in [2.24, 2.45) is 17.8 Å². The molecule has 0 unspecified atom stereocenters. The number of hydrogen-bond acceptors (Lipinski definition) is 1. The van der Waals surface area contributed by atoms with E-state index in [0.29, 0.717) is 17.8 Å². The minimum absolute atomic E-state index is 0.279. The summed E-state index contributed by atoms with van der Waals surface area (Å²) in [5.41, 5.74) is 0. The zero-order valence-electron chi connectivity index (χ0n) is 8.21. The molecule has 2 rings (SSSR count). The van der Waals surface area contributed by atoms with Crippen LogP contribution in [0.2, 0.25) is 0 Å². The molecule has 0 heterocycles. The van der Waals surface area contributed by atoms with E-state index in [1.807, 2.05) is 0 Å². The van der Waals surface area contributed by atoms with Crippen LogP contribution in [0.1, 0.15) is 6.42 Å². The van der Waals surface area contributed by atoms with Gasteiger partial charge in [0.1, 0.15) is 0 Å². The Bertz CT molecular complexity index is 244. The van der Waals surface area contributed by atoms with Gasteiger partial charge in [-0.15, -0.1) is 0 Å². The van der Waals surface area contributed by atoms with Gasteiger partial charge in [-0.05, 0) is 24.2 Å². The maximum absolute atomic E-state index is 9.06. The predicted octanol–water partition coefficient (Wildman–Crippen LogP) is 2.47. The molecule has 0 aliphatic heterocycles. The molecule has 74 valence electrons. The highest BCUT2D eigenvalue weighted by Gasteiger charge is 2.24. The number of allylic oxidation sites excluding steroid dienone is 8. The fourth-order valence-electron chi connectivity index (χ4n) is 2.26. The summed E-state index contributed by atoms with van der Waals surface area (Å²) >= 11 is 0. The Labute approximate surface area is 85.1 Å². The third kappa shape index (κ3) is 1.88. The van der Waals surface area contributed by atoms with Crippen LogP contribution in [0, 0.1) is 17.8 Å². The van der Waals surface area contributed by atoms with Crippen molar-refractivity contribution in [1.82, 2.24) is 0 Å². The van der Waals surface area contributed by atoms with Gasteiger partial charge in [-0.2, -0.15) is 0 Å². The number of hydrogen-bond donors (Lipinski definition) is 1. The van der Waals surface area contributed by atoms with Gasteiger partial charge < -0.3 is 5.11 Å². The maximum Gasteiger partial charge on any atom is 0.0434 e. The lowest BCUT2D eigenvalue weighted by molar-refractivity contribution is 0.231. The Kier molecular flexibility index (Phi) is 3.00. The predicted molar refractivity (Wildman–Crippen MR) is 58.7 cm³/mol. The van der Waals surface area contributed by atoms with Gasteiger partial charge in [0.25, 0.3) is 0 Å². The van der Waals surface area contributed by atoms with E-state index < -0.39 is 0 Å². The molecule has 0 fully saturated rings. The van der Waals surface area contributed by atoms with E-state index in [9.17, 15) is 0 Å². The second-order valence-electron chi connectivity index (χ2n) is 3.87. The van der Waals surface area contributed by atoms with Gasteiger partial charge in [-0.1, -0.05) is 48.6 Å². The second-order valence-corrected chi connectivity index (χ2v) is 3.87. The summed E-state index contributed by atoms with van der Waals surface area (Å²) in [6.07, 6.45) is 18.1.